The highest BCUT2D eigenvalue weighted by atomic mass is 16.5. The number of carbonyl (C=O) groups excluding carboxylic acids is 1. The number of amides is 1. The standard InChI is InChI=1S/C26H30N2O5/c1-30-25-18-22(9-10-23(25)33-20-21-6-3-2-4-7-21)19-28(26(29)24-8-5-15-32-24)12-11-27-13-16-31-17-14-27/h2-10,15,18H,11-14,16-17,19-20H2,1H3. The smallest absolute Gasteiger partial charge is 0.289 e. The summed E-state index contributed by atoms with van der Waals surface area (Å²) in [6.07, 6.45) is 1.52. The van der Waals surface area contributed by atoms with Gasteiger partial charge in [0, 0.05) is 32.7 Å². The number of methoxy groups -OCH3 is 1. The molecule has 3 aromatic rings. The molecule has 2 aromatic carbocycles. The first kappa shape index (κ1) is 22.9. The van der Waals surface area contributed by atoms with Gasteiger partial charge in [-0.15, -0.1) is 0 Å². The van der Waals surface area contributed by atoms with Crippen LogP contribution >= 0.6 is 0 Å². The second kappa shape index (κ2) is 11.5. The average Bonchev–Trinajstić information content (AvgIpc) is 3.41. The van der Waals surface area contributed by atoms with Crippen LogP contribution in [0.15, 0.2) is 71.3 Å². The second-order valence-electron chi connectivity index (χ2n) is 7.92. The molecule has 1 aromatic heterocycles. The monoisotopic (exact) mass is 450 g/mol. The molecule has 0 N–H and O–H groups in total. The Hall–Kier alpha value is -3.29. The van der Waals surface area contributed by atoms with Gasteiger partial charge in [-0.25, -0.2) is 0 Å². The van der Waals surface area contributed by atoms with Crippen LogP contribution in [-0.2, 0) is 17.9 Å². The van der Waals surface area contributed by atoms with E-state index in [0.717, 1.165) is 44.0 Å². The fourth-order valence-electron chi connectivity index (χ4n) is 3.78. The first-order chi connectivity index (χ1) is 16.2. The maximum atomic E-state index is 13.1. The highest BCUT2D eigenvalue weighted by Gasteiger charge is 2.21. The van der Waals surface area contributed by atoms with E-state index in [1.54, 1.807) is 19.2 Å². The maximum Gasteiger partial charge on any atom is 0.289 e. The van der Waals surface area contributed by atoms with Crippen LogP contribution in [-0.4, -0.2) is 62.2 Å². The molecule has 0 spiro atoms. The zero-order chi connectivity index (χ0) is 22.9. The van der Waals surface area contributed by atoms with Crippen molar-refractivity contribution in [1.29, 1.82) is 0 Å². The van der Waals surface area contributed by atoms with Gasteiger partial charge in [0.2, 0.25) is 0 Å². The number of carbonyl (C=O) groups is 1. The minimum atomic E-state index is -0.128. The molecule has 1 amide bonds. The summed E-state index contributed by atoms with van der Waals surface area (Å²) >= 11 is 0. The maximum absolute atomic E-state index is 13.1. The van der Waals surface area contributed by atoms with Crippen molar-refractivity contribution in [2.24, 2.45) is 0 Å². The van der Waals surface area contributed by atoms with Crippen molar-refractivity contribution >= 4 is 5.91 Å². The van der Waals surface area contributed by atoms with Crippen molar-refractivity contribution in [2.45, 2.75) is 13.2 Å². The van der Waals surface area contributed by atoms with Gasteiger partial charge in [0.25, 0.3) is 5.91 Å². The number of benzene rings is 2. The summed E-state index contributed by atoms with van der Waals surface area (Å²) in [4.78, 5) is 17.2. The number of furan rings is 1. The molecule has 0 aliphatic carbocycles. The molecule has 174 valence electrons. The number of hydrogen-bond donors (Lipinski definition) is 0. The summed E-state index contributed by atoms with van der Waals surface area (Å²) in [5.74, 6) is 1.52. The summed E-state index contributed by atoms with van der Waals surface area (Å²) in [5.41, 5.74) is 2.04. The largest absolute Gasteiger partial charge is 0.493 e. The minimum absolute atomic E-state index is 0.128. The molecule has 7 heteroatoms. The van der Waals surface area contributed by atoms with Crippen LogP contribution in [0.3, 0.4) is 0 Å². The van der Waals surface area contributed by atoms with Gasteiger partial charge in [0.15, 0.2) is 17.3 Å². The third kappa shape index (κ3) is 6.37. The van der Waals surface area contributed by atoms with Gasteiger partial charge in [0.05, 0.1) is 26.6 Å². The average molecular weight is 451 g/mol. The highest BCUT2D eigenvalue weighted by molar-refractivity contribution is 5.91. The molecular formula is C26H30N2O5. The fourth-order valence-corrected chi connectivity index (χ4v) is 3.78. The van der Waals surface area contributed by atoms with Crippen LogP contribution in [0.25, 0.3) is 0 Å². The Morgan fingerprint density at radius 3 is 2.55 bits per heavy atom. The van der Waals surface area contributed by atoms with Crippen LogP contribution in [0.1, 0.15) is 21.7 Å². The lowest BCUT2D eigenvalue weighted by Crippen LogP contribution is -2.42. The fraction of sp³-hybridized carbons (Fsp3) is 0.346. The first-order valence-electron chi connectivity index (χ1n) is 11.2. The predicted molar refractivity (Wildman–Crippen MR) is 124 cm³/mol. The zero-order valence-corrected chi connectivity index (χ0v) is 18.9. The molecule has 4 rings (SSSR count). The van der Waals surface area contributed by atoms with Crippen molar-refractivity contribution in [3.05, 3.63) is 83.8 Å². The van der Waals surface area contributed by atoms with Crippen molar-refractivity contribution in [1.82, 2.24) is 9.80 Å². The quantitative estimate of drug-likeness (QED) is 0.468. The lowest BCUT2D eigenvalue weighted by Gasteiger charge is -2.30. The number of rotatable bonds is 10. The molecule has 2 heterocycles. The third-order valence-corrected chi connectivity index (χ3v) is 5.65. The van der Waals surface area contributed by atoms with Gasteiger partial charge in [-0.3, -0.25) is 9.69 Å². The molecule has 0 saturated carbocycles. The van der Waals surface area contributed by atoms with Gasteiger partial charge < -0.3 is 23.5 Å². The Bertz CT molecular complexity index is 1000. The van der Waals surface area contributed by atoms with Crippen molar-refractivity contribution in [2.75, 3.05) is 46.5 Å². The topological polar surface area (TPSA) is 64.4 Å². The number of morpholine rings is 1. The number of hydrogen-bond acceptors (Lipinski definition) is 6. The second-order valence-corrected chi connectivity index (χ2v) is 7.92. The van der Waals surface area contributed by atoms with Crippen LogP contribution in [0.4, 0.5) is 0 Å². The van der Waals surface area contributed by atoms with Gasteiger partial charge in [-0.2, -0.15) is 0 Å². The molecule has 1 fully saturated rings. The molecule has 0 bridgehead atoms. The van der Waals surface area contributed by atoms with E-state index >= 15 is 0 Å². The molecule has 1 aliphatic heterocycles. The third-order valence-electron chi connectivity index (χ3n) is 5.65. The molecular weight excluding hydrogens is 420 g/mol. The minimum Gasteiger partial charge on any atom is -0.493 e. The van der Waals surface area contributed by atoms with Crippen LogP contribution in [0.2, 0.25) is 0 Å². The summed E-state index contributed by atoms with van der Waals surface area (Å²) < 4.78 is 22.3. The van der Waals surface area contributed by atoms with Gasteiger partial charge in [-0.05, 0) is 35.4 Å². The lowest BCUT2D eigenvalue weighted by atomic mass is 10.1. The Balaban J connectivity index is 1.45. The van der Waals surface area contributed by atoms with Crippen LogP contribution in [0.5, 0.6) is 11.5 Å². The van der Waals surface area contributed by atoms with E-state index in [1.165, 1.54) is 6.26 Å². The molecule has 1 aliphatic rings. The van der Waals surface area contributed by atoms with Crippen LogP contribution < -0.4 is 9.47 Å². The number of ether oxygens (including phenoxy) is 3. The van der Waals surface area contributed by atoms with E-state index in [0.29, 0.717) is 37.0 Å². The van der Waals surface area contributed by atoms with Gasteiger partial charge in [-0.1, -0.05) is 36.4 Å². The van der Waals surface area contributed by atoms with E-state index in [9.17, 15) is 4.79 Å². The van der Waals surface area contributed by atoms with E-state index in [1.807, 2.05) is 53.4 Å². The normalized spacial score (nSPS) is 14.1. The zero-order valence-electron chi connectivity index (χ0n) is 18.9. The summed E-state index contributed by atoms with van der Waals surface area (Å²) in [6, 6.07) is 19.2. The van der Waals surface area contributed by atoms with Gasteiger partial charge in [0.1, 0.15) is 6.61 Å². The summed E-state index contributed by atoms with van der Waals surface area (Å²) in [6.45, 7) is 5.49. The lowest BCUT2D eigenvalue weighted by molar-refractivity contribution is 0.0316. The van der Waals surface area contributed by atoms with Gasteiger partial charge >= 0.3 is 0 Å². The molecule has 7 nitrogen and oxygen atoms in total. The predicted octanol–water partition coefficient (Wildman–Crippen LogP) is 3.84. The SMILES string of the molecule is COc1cc(CN(CCN2CCOCC2)C(=O)c2ccco2)ccc1OCc1ccccc1. The summed E-state index contributed by atoms with van der Waals surface area (Å²) in [7, 11) is 1.62. The van der Waals surface area contributed by atoms with E-state index in [2.05, 4.69) is 4.90 Å². The molecule has 1 saturated heterocycles. The molecule has 0 atom stereocenters. The number of nitrogens with zero attached hydrogens (tertiary/aromatic N) is 2. The highest BCUT2D eigenvalue weighted by Crippen LogP contribution is 2.29. The Kier molecular flexibility index (Phi) is 8.00. The Labute approximate surface area is 194 Å². The molecule has 0 radical (unpaired) electrons. The molecule has 33 heavy (non-hydrogen) atoms. The summed E-state index contributed by atoms with van der Waals surface area (Å²) in [5, 5.41) is 0. The van der Waals surface area contributed by atoms with Crippen molar-refractivity contribution < 1.29 is 23.4 Å². The van der Waals surface area contributed by atoms with Crippen LogP contribution in [0, 0.1) is 0 Å². The van der Waals surface area contributed by atoms with E-state index in [4.69, 9.17) is 18.6 Å². The van der Waals surface area contributed by atoms with E-state index < -0.39 is 0 Å². The Morgan fingerprint density at radius 1 is 1.00 bits per heavy atom. The van der Waals surface area contributed by atoms with E-state index in [-0.39, 0.29) is 5.91 Å². The Morgan fingerprint density at radius 2 is 1.82 bits per heavy atom. The van der Waals surface area contributed by atoms with Crippen molar-refractivity contribution in [3.8, 4) is 11.5 Å². The molecule has 0 unspecified atom stereocenters. The van der Waals surface area contributed by atoms with Crippen molar-refractivity contribution in [3.63, 3.8) is 0 Å². The first-order valence-corrected chi connectivity index (χ1v) is 11.2.